The first-order chi connectivity index (χ1) is 16.8. The number of halogens is 1. The minimum Gasteiger partial charge on any atom is -0.368 e. The molecule has 2 aliphatic rings. The first-order valence-corrected chi connectivity index (χ1v) is 13.9. The molecule has 1 atom stereocenters. The molecule has 2 aromatic carbocycles. The lowest BCUT2D eigenvalue weighted by Gasteiger charge is -2.36. The van der Waals surface area contributed by atoms with Crippen molar-refractivity contribution in [1.82, 2.24) is 15.1 Å². The Morgan fingerprint density at radius 3 is 2.57 bits per heavy atom. The molecular formula is C23H24ClN6O3S2+. The van der Waals surface area contributed by atoms with E-state index in [0.29, 0.717) is 31.2 Å². The number of carbonyl (C=O) groups is 1. The van der Waals surface area contributed by atoms with Gasteiger partial charge in [0.05, 0.1) is 11.3 Å². The minimum atomic E-state index is -3.72. The Bertz CT molecular complexity index is 1370. The first kappa shape index (κ1) is 23.7. The van der Waals surface area contributed by atoms with Crippen LogP contribution in [0.1, 0.15) is 12.5 Å². The van der Waals surface area contributed by atoms with Crippen LogP contribution in [0.5, 0.6) is 0 Å². The fraction of sp³-hybridized carbons (Fsp3) is 0.304. The maximum atomic E-state index is 13.2. The Balaban J connectivity index is 1.20. The molecule has 1 aromatic heterocycles. The van der Waals surface area contributed by atoms with Crippen molar-refractivity contribution in [2.45, 2.75) is 24.3 Å². The predicted octanol–water partition coefficient (Wildman–Crippen LogP) is 3.00. The molecule has 182 valence electrons. The van der Waals surface area contributed by atoms with Gasteiger partial charge >= 0.3 is 0 Å². The molecule has 1 saturated heterocycles. The topological polar surface area (TPSA) is 98.5 Å². The molecule has 9 nitrogen and oxygen atoms in total. The summed E-state index contributed by atoms with van der Waals surface area (Å²) in [6.07, 6.45) is 2.84. The zero-order valence-electron chi connectivity index (χ0n) is 19.0. The van der Waals surface area contributed by atoms with E-state index in [-0.39, 0.29) is 22.0 Å². The van der Waals surface area contributed by atoms with Crippen molar-refractivity contribution in [2.24, 2.45) is 0 Å². The highest BCUT2D eigenvalue weighted by Crippen LogP contribution is 2.29. The number of anilines is 2. The molecular weight excluding hydrogens is 508 g/mol. The third-order valence-electron chi connectivity index (χ3n) is 6.29. The maximum absolute atomic E-state index is 13.2. The van der Waals surface area contributed by atoms with Crippen LogP contribution in [-0.4, -0.2) is 72.4 Å². The van der Waals surface area contributed by atoms with Crippen LogP contribution < -0.4 is 9.62 Å². The molecule has 35 heavy (non-hydrogen) atoms. The Labute approximate surface area is 212 Å². The van der Waals surface area contributed by atoms with E-state index in [9.17, 15) is 13.2 Å². The largest absolute Gasteiger partial charge is 0.368 e. The van der Waals surface area contributed by atoms with Crippen molar-refractivity contribution in [2.75, 3.05) is 35.8 Å². The highest BCUT2D eigenvalue weighted by atomic mass is 35.5. The van der Waals surface area contributed by atoms with Crippen molar-refractivity contribution < 1.29 is 17.8 Å². The van der Waals surface area contributed by atoms with E-state index >= 15 is 0 Å². The molecule has 0 saturated carbocycles. The van der Waals surface area contributed by atoms with Gasteiger partial charge in [-0.3, -0.25) is 9.52 Å². The highest BCUT2D eigenvalue weighted by molar-refractivity contribution is 7.93. The third kappa shape index (κ3) is 4.89. The summed E-state index contributed by atoms with van der Waals surface area (Å²) >= 11 is 7.30. The summed E-state index contributed by atoms with van der Waals surface area (Å²) in [6.45, 7) is 4.45. The van der Waals surface area contributed by atoms with Gasteiger partial charge in [0.15, 0.2) is 6.21 Å². The Morgan fingerprint density at radius 1 is 1.14 bits per heavy atom. The van der Waals surface area contributed by atoms with Crippen LogP contribution in [0.15, 0.2) is 52.9 Å². The molecule has 1 fully saturated rings. The lowest BCUT2D eigenvalue weighted by molar-refractivity contribution is -0.460. The number of sulfonamides is 1. The van der Waals surface area contributed by atoms with Gasteiger partial charge in [-0.25, -0.2) is 8.42 Å². The van der Waals surface area contributed by atoms with Crippen molar-refractivity contribution in [3.8, 4) is 0 Å². The fourth-order valence-electron chi connectivity index (χ4n) is 4.41. The lowest BCUT2D eigenvalue weighted by atomic mass is 10.1. The molecule has 0 spiro atoms. The van der Waals surface area contributed by atoms with E-state index in [4.69, 9.17) is 11.6 Å². The second-order valence-corrected chi connectivity index (χ2v) is 11.4. The van der Waals surface area contributed by atoms with Crippen molar-refractivity contribution in [3.63, 3.8) is 0 Å². The van der Waals surface area contributed by atoms with E-state index in [1.54, 1.807) is 24.3 Å². The van der Waals surface area contributed by atoms with Crippen molar-refractivity contribution in [3.05, 3.63) is 58.6 Å². The number of amides is 1. The van der Waals surface area contributed by atoms with Crippen LogP contribution in [0.2, 0.25) is 5.02 Å². The van der Waals surface area contributed by atoms with Crippen LogP contribution >= 0.6 is 22.9 Å². The van der Waals surface area contributed by atoms with Gasteiger partial charge in [0, 0.05) is 55.4 Å². The number of rotatable bonds is 6. The average molecular weight is 532 g/mol. The Hall–Kier alpha value is -3.02. The monoisotopic (exact) mass is 531 g/mol. The number of nitrogens with one attached hydrogen (secondary N) is 1. The summed E-state index contributed by atoms with van der Waals surface area (Å²) in [5, 5.41) is 8.24. The Morgan fingerprint density at radius 2 is 1.89 bits per heavy atom. The summed E-state index contributed by atoms with van der Waals surface area (Å²) in [5.74, 6) is 0.0814. The van der Waals surface area contributed by atoms with Crippen LogP contribution in [0, 0.1) is 0 Å². The van der Waals surface area contributed by atoms with Crippen molar-refractivity contribution >= 4 is 61.6 Å². The molecule has 2 aliphatic heterocycles. The number of hydrogen-bond donors (Lipinski definition) is 1. The van der Waals surface area contributed by atoms with Crippen LogP contribution in [0.25, 0.3) is 0 Å². The average Bonchev–Trinajstić information content (AvgIpc) is 3.52. The summed E-state index contributed by atoms with van der Waals surface area (Å²) in [5.41, 5.74) is 4.54. The molecule has 3 aromatic rings. The van der Waals surface area contributed by atoms with Crippen LogP contribution in [0.3, 0.4) is 0 Å². The minimum absolute atomic E-state index is 0.0814. The van der Waals surface area contributed by atoms with Gasteiger partial charge in [0.2, 0.25) is 16.9 Å². The van der Waals surface area contributed by atoms with Gasteiger partial charge in [-0.05, 0) is 30.3 Å². The summed E-state index contributed by atoms with van der Waals surface area (Å²) in [6, 6.07) is 12.2. The highest BCUT2D eigenvalue weighted by Gasteiger charge is 2.35. The molecule has 1 N–H and O–H groups in total. The number of hydrogen-bond acceptors (Lipinski definition) is 7. The number of nitrogens with zero attached hydrogens (tertiary/aromatic N) is 5. The Kier molecular flexibility index (Phi) is 6.47. The number of benzene rings is 2. The van der Waals surface area contributed by atoms with Gasteiger partial charge in [-0.2, -0.15) is 4.58 Å². The SMILES string of the molecule is C[C@@H](C(=O)N1CCN(c2ccc(S(=O)(=O)Nc3nncs3)cc2)CC1)[N+]1=CCc2ccc(Cl)cc21. The van der Waals surface area contributed by atoms with Gasteiger partial charge in [-0.1, -0.05) is 29.0 Å². The van der Waals surface area contributed by atoms with Crippen molar-refractivity contribution in [1.29, 1.82) is 0 Å². The third-order valence-corrected chi connectivity index (χ3v) is 8.62. The standard InChI is InChI=1S/C23H24ClN6O3S2/c1-16(30-9-8-17-2-3-18(24)14-21(17)30)22(31)29-12-10-28(11-13-29)19-4-6-20(7-5-19)35(32,33)27-23-26-25-15-34-23/h2-7,9,14-16H,8,10-13H2,1H3,(H,26,27)/q+1/t16-/m0/s1. The van der Waals surface area contributed by atoms with E-state index in [0.717, 1.165) is 29.1 Å². The van der Waals surface area contributed by atoms with E-state index in [1.807, 2.05) is 34.6 Å². The van der Waals surface area contributed by atoms with Crippen LogP contribution in [-0.2, 0) is 21.2 Å². The maximum Gasteiger partial charge on any atom is 0.291 e. The van der Waals surface area contributed by atoms with E-state index < -0.39 is 10.0 Å². The quantitative estimate of drug-likeness (QED) is 0.491. The number of aromatic nitrogens is 2. The molecule has 0 aliphatic carbocycles. The molecule has 5 rings (SSSR count). The normalized spacial score (nSPS) is 16.6. The molecule has 0 radical (unpaired) electrons. The van der Waals surface area contributed by atoms with Gasteiger partial charge < -0.3 is 9.80 Å². The van der Waals surface area contributed by atoms with E-state index in [2.05, 4.69) is 26.0 Å². The second-order valence-electron chi connectivity index (χ2n) is 8.40. The van der Waals surface area contributed by atoms with Gasteiger partial charge in [0.1, 0.15) is 5.51 Å². The van der Waals surface area contributed by atoms with Gasteiger partial charge in [-0.15, -0.1) is 10.2 Å². The number of piperazine rings is 1. The lowest BCUT2D eigenvalue weighted by Crippen LogP contribution is -2.52. The predicted molar refractivity (Wildman–Crippen MR) is 137 cm³/mol. The molecule has 0 bridgehead atoms. The zero-order valence-corrected chi connectivity index (χ0v) is 21.4. The van der Waals surface area contributed by atoms with Crippen LogP contribution in [0.4, 0.5) is 16.5 Å². The number of fused-ring (bicyclic) bond motifs is 1. The molecule has 1 amide bonds. The molecule has 3 heterocycles. The zero-order chi connectivity index (χ0) is 24.6. The number of carbonyl (C=O) groups excluding carboxylic acids is 1. The molecule has 12 heteroatoms. The summed E-state index contributed by atoms with van der Waals surface area (Å²) in [7, 11) is -3.72. The van der Waals surface area contributed by atoms with Gasteiger partial charge in [0.25, 0.3) is 15.9 Å². The fourth-order valence-corrected chi connectivity index (χ4v) is 6.27. The second kappa shape index (κ2) is 9.56. The first-order valence-electron chi connectivity index (χ1n) is 11.1. The summed E-state index contributed by atoms with van der Waals surface area (Å²) in [4.78, 5) is 17.4. The smallest absolute Gasteiger partial charge is 0.291 e. The summed E-state index contributed by atoms with van der Waals surface area (Å²) < 4.78 is 29.5. The van der Waals surface area contributed by atoms with E-state index in [1.165, 1.54) is 11.1 Å². The molecule has 0 unspecified atom stereocenters.